The molecule has 28 heavy (non-hydrogen) atoms. The number of halogens is 2. The molecule has 1 aliphatic heterocycles. The topological polar surface area (TPSA) is 93.3 Å². The molecule has 3 rings (SSSR count). The number of aromatic nitrogens is 2. The van der Waals surface area contributed by atoms with Crippen LogP contribution in [-0.4, -0.2) is 26.3 Å². The van der Waals surface area contributed by atoms with Crippen LogP contribution in [0.5, 0.6) is 0 Å². The number of rotatable bonds is 4. The highest BCUT2D eigenvalue weighted by Gasteiger charge is 2.34. The summed E-state index contributed by atoms with van der Waals surface area (Å²) >= 11 is 1.53. The van der Waals surface area contributed by atoms with Crippen molar-refractivity contribution in [2.45, 2.75) is 31.1 Å². The summed E-state index contributed by atoms with van der Waals surface area (Å²) in [6.45, 7) is 4.04. The van der Waals surface area contributed by atoms with Gasteiger partial charge in [0.05, 0.1) is 5.69 Å². The number of nitrogens with two attached hydrogens (primary N) is 1. The summed E-state index contributed by atoms with van der Waals surface area (Å²) < 4.78 is 24.5. The smallest absolute Gasteiger partial charge is 0.274 e. The number of amides is 1. The van der Waals surface area contributed by atoms with Crippen LogP contribution in [-0.2, 0) is 5.54 Å². The predicted molar refractivity (Wildman–Crippen MR) is 107 cm³/mol. The highest BCUT2D eigenvalue weighted by molar-refractivity contribution is 8.14. The van der Waals surface area contributed by atoms with E-state index in [-0.39, 0.29) is 11.3 Å². The van der Waals surface area contributed by atoms with Crippen molar-refractivity contribution in [2.24, 2.45) is 10.7 Å². The minimum atomic E-state index is -1.82. The Morgan fingerprint density at radius 2 is 2.14 bits per heavy atom. The molecule has 0 radical (unpaired) electrons. The van der Waals surface area contributed by atoms with Gasteiger partial charge in [0.25, 0.3) is 12.0 Å². The van der Waals surface area contributed by atoms with E-state index in [1.54, 1.807) is 18.3 Å². The van der Waals surface area contributed by atoms with Gasteiger partial charge in [-0.1, -0.05) is 24.8 Å². The molecule has 146 valence electrons. The van der Waals surface area contributed by atoms with Gasteiger partial charge in [0.1, 0.15) is 11.2 Å². The maximum atomic E-state index is 12.4. The number of nitrogens with one attached hydrogen (secondary N) is 1. The van der Waals surface area contributed by atoms with Crippen molar-refractivity contribution in [3.63, 3.8) is 0 Å². The van der Waals surface area contributed by atoms with E-state index in [2.05, 4.69) is 27.2 Å². The van der Waals surface area contributed by atoms with Crippen LogP contribution in [0.25, 0.3) is 6.08 Å². The molecule has 1 amide bonds. The zero-order valence-corrected chi connectivity index (χ0v) is 16.1. The number of pyridine rings is 2. The lowest BCUT2D eigenvalue weighted by molar-refractivity contribution is 0.102. The number of carbonyl (C=O) groups is 1. The Hall–Kier alpha value is -2.81. The van der Waals surface area contributed by atoms with E-state index in [0.717, 1.165) is 6.42 Å². The molecule has 3 N–H and O–H groups in total. The number of nitrogens with zero attached hydrogens (tertiary/aromatic N) is 3. The fourth-order valence-electron chi connectivity index (χ4n) is 3.03. The van der Waals surface area contributed by atoms with Gasteiger partial charge >= 0.3 is 0 Å². The van der Waals surface area contributed by atoms with Crippen LogP contribution < -0.4 is 11.1 Å². The van der Waals surface area contributed by atoms with E-state index in [9.17, 15) is 13.6 Å². The van der Waals surface area contributed by atoms with Crippen molar-refractivity contribution in [1.29, 1.82) is 0 Å². The second-order valence-corrected chi connectivity index (χ2v) is 8.11. The van der Waals surface area contributed by atoms with E-state index in [0.29, 0.717) is 27.9 Å². The highest BCUT2D eigenvalue weighted by atomic mass is 32.2. The number of hydrogen-bond acceptors (Lipinski definition) is 6. The maximum Gasteiger partial charge on any atom is 0.274 e. The molecular weight excluding hydrogens is 384 g/mol. The van der Waals surface area contributed by atoms with E-state index in [1.807, 2.05) is 6.92 Å². The van der Waals surface area contributed by atoms with Gasteiger partial charge in [-0.05, 0) is 37.1 Å². The Morgan fingerprint density at radius 1 is 1.36 bits per heavy atom. The van der Waals surface area contributed by atoms with Crippen molar-refractivity contribution in [3.8, 4) is 0 Å². The fraction of sp³-hybridized carbons (Fsp3) is 0.263. The van der Waals surface area contributed by atoms with E-state index >= 15 is 0 Å². The molecule has 9 heteroatoms. The third-order valence-corrected chi connectivity index (χ3v) is 5.13. The molecule has 2 aromatic rings. The number of aliphatic imine (C=N–C) groups is 1. The molecule has 0 spiro atoms. The molecule has 3 heterocycles. The lowest BCUT2D eigenvalue weighted by Crippen LogP contribution is -2.33. The van der Waals surface area contributed by atoms with Crippen molar-refractivity contribution in [3.05, 3.63) is 59.7 Å². The van der Waals surface area contributed by atoms with Crippen molar-refractivity contribution in [2.75, 3.05) is 5.32 Å². The number of thioether (sulfide) groups is 1. The normalized spacial score (nSPS) is 21.6. The number of anilines is 1. The predicted octanol–water partition coefficient (Wildman–Crippen LogP) is 4.02. The summed E-state index contributed by atoms with van der Waals surface area (Å²) in [5.74, 6) is -0.450. The quantitative estimate of drug-likeness (QED) is 0.804. The van der Waals surface area contributed by atoms with Crippen LogP contribution in [0.1, 0.15) is 42.0 Å². The SMILES string of the molecule is C[C@@H]1C[C@@](C)(c2cc(NC(=O)c3ccc(C=C(F)F)cn3)ccn2)N=C(N)S1. The number of amidine groups is 1. The van der Waals surface area contributed by atoms with Crippen LogP contribution in [0.3, 0.4) is 0 Å². The molecule has 2 atom stereocenters. The van der Waals surface area contributed by atoms with Crippen molar-refractivity contribution < 1.29 is 13.6 Å². The first-order valence-electron chi connectivity index (χ1n) is 8.54. The Labute approximate surface area is 165 Å². The molecule has 0 aromatic carbocycles. The van der Waals surface area contributed by atoms with Crippen LogP contribution >= 0.6 is 11.8 Å². The molecule has 0 bridgehead atoms. The van der Waals surface area contributed by atoms with Crippen LogP contribution in [0, 0.1) is 0 Å². The van der Waals surface area contributed by atoms with Gasteiger partial charge in [-0.3, -0.25) is 14.8 Å². The molecule has 6 nitrogen and oxygen atoms in total. The second-order valence-electron chi connectivity index (χ2n) is 6.65. The summed E-state index contributed by atoms with van der Waals surface area (Å²) in [6, 6.07) is 6.21. The molecule has 0 unspecified atom stereocenters. The zero-order valence-electron chi connectivity index (χ0n) is 15.3. The summed E-state index contributed by atoms with van der Waals surface area (Å²) in [6.07, 6.45) is 2.44. The van der Waals surface area contributed by atoms with Gasteiger partial charge in [-0.15, -0.1) is 0 Å². The molecular formula is C19H19F2N5OS. The summed E-state index contributed by atoms with van der Waals surface area (Å²) in [7, 11) is 0. The van der Waals surface area contributed by atoms with Gasteiger partial charge < -0.3 is 11.1 Å². The van der Waals surface area contributed by atoms with Crippen LogP contribution in [0.15, 0.2) is 47.7 Å². The molecule has 0 saturated carbocycles. The van der Waals surface area contributed by atoms with E-state index in [1.165, 1.54) is 30.1 Å². The standard InChI is InChI=1S/C19H19F2N5OS/c1-11-9-19(2,26-18(22)28-11)15-8-13(5-6-23-15)25-17(27)14-4-3-12(10-24-14)7-16(20)21/h3-8,10-11H,9H2,1-2H3,(H2,22,26)(H,23,25,27)/t11-,19+/m1/s1. The minimum Gasteiger partial charge on any atom is -0.379 e. The maximum absolute atomic E-state index is 12.4. The average Bonchev–Trinajstić information content (AvgIpc) is 2.61. The zero-order chi connectivity index (χ0) is 20.3. The van der Waals surface area contributed by atoms with Gasteiger partial charge in [-0.25, -0.2) is 4.99 Å². The van der Waals surface area contributed by atoms with E-state index in [4.69, 9.17) is 5.73 Å². The van der Waals surface area contributed by atoms with Crippen molar-refractivity contribution >= 4 is 34.6 Å². The summed E-state index contributed by atoms with van der Waals surface area (Å²) in [5, 5.41) is 3.56. The summed E-state index contributed by atoms with van der Waals surface area (Å²) in [5.41, 5.74) is 6.93. The van der Waals surface area contributed by atoms with Gasteiger partial charge in [0.15, 0.2) is 5.17 Å². The Kier molecular flexibility index (Phi) is 5.73. The van der Waals surface area contributed by atoms with Crippen LogP contribution in [0.2, 0.25) is 0 Å². The monoisotopic (exact) mass is 403 g/mol. The van der Waals surface area contributed by atoms with E-state index < -0.39 is 17.5 Å². The average molecular weight is 403 g/mol. The van der Waals surface area contributed by atoms with Gasteiger partial charge in [-0.2, -0.15) is 8.78 Å². The highest BCUT2D eigenvalue weighted by Crippen LogP contribution is 2.38. The Balaban J connectivity index is 1.78. The molecule has 2 aromatic heterocycles. The number of carbonyl (C=O) groups excluding carboxylic acids is 1. The summed E-state index contributed by atoms with van der Waals surface area (Å²) in [4.78, 5) is 25.3. The first-order chi connectivity index (χ1) is 13.2. The first kappa shape index (κ1) is 19.9. The molecule has 0 aliphatic carbocycles. The van der Waals surface area contributed by atoms with Crippen LogP contribution in [0.4, 0.5) is 14.5 Å². The molecule has 1 aliphatic rings. The third-order valence-electron chi connectivity index (χ3n) is 4.23. The van der Waals surface area contributed by atoms with Crippen molar-refractivity contribution in [1.82, 2.24) is 9.97 Å². The second kappa shape index (κ2) is 8.05. The third kappa shape index (κ3) is 4.72. The van der Waals surface area contributed by atoms with Gasteiger partial charge in [0.2, 0.25) is 0 Å². The largest absolute Gasteiger partial charge is 0.379 e. The fourth-order valence-corrected chi connectivity index (χ4v) is 4.11. The molecule has 0 saturated heterocycles. The Morgan fingerprint density at radius 3 is 2.79 bits per heavy atom. The Bertz CT molecular complexity index is 944. The lowest BCUT2D eigenvalue weighted by Gasteiger charge is -2.32. The lowest BCUT2D eigenvalue weighted by atomic mass is 9.91. The van der Waals surface area contributed by atoms with Gasteiger partial charge in [0, 0.05) is 29.4 Å². The molecule has 0 fully saturated rings. The number of hydrogen-bond donors (Lipinski definition) is 2. The first-order valence-corrected chi connectivity index (χ1v) is 9.42. The minimum absolute atomic E-state index is 0.117.